The fraction of sp³-hybridized carbons (Fsp3) is 1.00. The van der Waals surface area contributed by atoms with Crippen molar-refractivity contribution in [2.45, 2.75) is 52.1 Å². The fourth-order valence-electron chi connectivity index (χ4n) is 2.50. The summed E-state index contributed by atoms with van der Waals surface area (Å²) in [7, 11) is 0. The molecule has 4 N–H and O–H groups in total. The molecule has 0 aromatic heterocycles. The van der Waals surface area contributed by atoms with E-state index < -0.39 is 24.4 Å². The van der Waals surface area contributed by atoms with Gasteiger partial charge in [0.1, 0.15) is 0 Å². The maximum Gasteiger partial charge on any atom is 0.0639 e. The van der Waals surface area contributed by atoms with Crippen molar-refractivity contribution in [3.05, 3.63) is 0 Å². The predicted octanol–water partition coefficient (Wildman–Crippen LogP) is -0.870. The number of ether oxygens (including phenoxy) is 1. The summed E-state index contributed by atoms with van der Waals surface area (Å²) in [5, 5.41) is 37.8. The highest BCUT2D eigenvalue weighted by atomic mass is 16.5. The standard InChI is InChI=1S/C16H36N2O5/c1-13(19)9-17(10-14(2)20)5-7-23-8-6-18(11-15(3)21)12-16(4)22/h13-16,19-22H,5-12H2,1-4H3. The second-order valence-corrected chi connectivity index (χ2v) is 6.53. The third-order valence-corrected chi connectivity index (χ3v) is 3.19. The number of hydrogen-bond acceptors (Lipinski definition) is 7. The van der Waals surface area contributed by atoms with E-state index in [-0.39, 0.29) is 0 Å². The van der Waals surface area contributed by atoms with Gasteiger partial charge in [-0.1, -0.05) is 0 Å². The largest absolute Gasteiger partial charge is 0.392 e. The summed E-state index contributed by atoms with van der Waals surface area (Å²) in [6.07, 6.45) is -1.77. The van der Waals surface area contributed by atoms with Gasteiger partial charge in [0.15, 0.2) is 0 Å². The van der Waals surface area contributed by atoms with Crippen molar-refractivity contribution in [2.75, 3.05) is 52.5 Å². The monoisotopic (exact) mass is 336 g/mol. The van der Waals surface area contributed by atoms with Gasteiger partial charge in [-0.25, -0.2) is 0 Å². The van der Waals surface area contributed by atoms with E-state index in [2.05, 4.69) is 0 Å². The first-order chi connectivity index (χ1) is 10.7. The molecule has 0 aliphatic rings. The van der Waals surface area contributed by atoms with Crippen molar-refractivity contribution in [1.82, 2.24) is 9.80 Å². The van der Waals surface area contributed by atoms with E-state index in [0.717, 1.165) is 0 Å². The van der Waals surface area contributed by atoms with Crippen molar-refractivity contribution >= 4 is 0 Å². The van der Waals surface area contributed by atoms with E-state index in [9.17, 15) is 20.4 Å². The average molecular weight is 336 g/mol. The molecule has 4 unspecified atom stereocenters. The minimum Gasteiger partial charge on any atom is -0.392 e. The molecule has 0 aromatic rings. The molecule has 0 saturated heterocycles. The minimum absolute atomic E-state index is 0.443. The van der Waals surface area contributed by atoms with Crippen LogP contribution in [0.4, 0.5) is 0 Å². The van der Waals surface area contributed by atoms with Crippen LogP contribution >= 0.6 is 0 Å². The zero-order chi connectivity index (χ0) is 17.8. The number of rotatable bonds is 14. The average Bonchev–Trinajstić information content (AvgIpc) is 2.34. The molecule has 0 spiro atoms. The van der Waals surface area contributed by atoms with Gasteiger partial charge in [-0.3, -0.25) is 9.80 Å². The van der Waals surface area contributed by atoms with Gasteiger partial charge in [-0.05, 0) is 27.7 Å². The molecule has 0 fully saturated rings. The normalized spacial score (nSPS) is 17.5. The van der Waals surface area contributed by atoms with Crippen molar-refractivity contribution < 1.29 is 25.2 Å². The Bertz CT molecular complexity index is 229. The molecule has 0 bridgehead atoms. The molecule has 0 aliphatic carbocycles. The summed E-state index contributed by atoms with van der Waals surface area (Å²) in [6.45, 7) is 11.2. The molecular weight excluding hydrogens is 300 g/mol. The Morgan fingerprint density at radius 1 is 0.609 bits per heavy atom. The van der Waals surface area contributed by atoms with Crippen LogP contribution in [0.3, 0.4) is 0 Å². The van der Waals surface area contributed by atoms with Gasteiger partial charge < -0.3 is 25.2 Å². The topological polar surface area (TPSA) is 96.6 Å². The molecule has 7 nitrogen and oxygen atoms in total. The highest BCUT2D eigenvalue weighted by molar-refractivity contribution is 4.66. The molecular formula is C16H36N2O5. The summed E-state index contributed by atoms with van der Waals surface area (Å²) in [5.41, 5.74) is 0. The molecule has 0 rings (SSSR count). The Hall–Kier alpha value is -0.280. The van der Waals surface area contributed by atoms with Crippen LogP contribution in [-0.4, -0.2) is 107 Å². The summed E-state index contributed by atoms with van der Waals surface area (Å²) in [4.78, 5) is 3.94. The van der Waals surface area contributed by atoms with Gasteiger partial charge >= 0.3 is 0 Å². The summed E-state index contributed by atoms with van der Waals surface area (Å²) < 4.78 is 5.61. The van der Waals surface area contributed by atoms with Crippen LogP contribution in [0.1, 0.15) is 27.7 Å². The van der Waals surface area contributed by atoms with Crippen LogP contribution in [0.2, 0.25) is 0 Å². The Morgan fingerprint density at radius 3 is 1.09 bits per heavy atom. The van der Waals surface area contributed by atoms with Crippen LogP contribution in [0.5, 0.6) is 0 Å². The molecule has 23 heavy (non-hydrogen) atoms. The maximum atomic E-state index is 9.46. The number of aliphatic hydroxyl groups is 4. The van der Waals surface area contributed by atoms with Gasteiger partial charge in [-0.15, -0.1) is 0 Å². The molecule has 7 heteroatoms. The van der Waals surface area contributed by atoms with E-state index in [4.69, 9.17) is 4.74 Å². The van der Waals surface area contributed by atoms with Crippen molar-refractivity contribution in [3.63, 3.8) is 0 Å². The van der Waals surface area contributed by atoms with Gasteiger partial charge in [0.05, 0.1) is 37.6 Å². The molecule has 4 atom stereocenters. The van der Waals surface area contributed by atoms with Crippen molar-refractivity contribution in [3.8, 4) is 0 Å². The highest BCUT2D eigenvalue weighted by Gasteiger charge is 2.12. The highest BCUT2D eigenvalue weighted by Crippen LogP contribution is 1.98. The maximum absolute atomic E-state index is 9.46. The third kappa shape index (κ3) is 15.0. The Labute approximate surface area is 140 Å². The van der Waals surface area contributed by atoms with Gasteiger partial charge in [0.2, 0.25) is 0 Å². The lowest BCUT2D eigenvalue weighted by Crippen LogP contribution is -2.40. The molecule has 0 heterocycles. The Kier molecular flexibility index (Phi) is 12.9. The lowest BCUT2D eigenvalue weighted by molar-refractivity contribution is 0.0337. The molecule has 0 radical (unpaired) electrons. The van der Waals surface area contributed by atoms with Crippen LogP contribution in [0.25, 0.3) is 0 Å². The Balaban J connectivity index is 4.00. The van der Waals surface area contributed by atoms with E-state index in [1.807, 2.05) is 9.80 Å². The molecule has 0 saturated carbocycles. The summed E-state index contributed by atoms with van der Waals surface area (Å²) in [5.74, 6) is 0. The lowest BCUT2D eigenvalue weighted by Gasteiger charge is -2.26. The van der Waals surface area contributed by atoms with Crippen molar-refractivity contribution in [1.29, 1.82) is 0 Å². The SMILES string of the molecule is CC(O)CN(CCOCCN(CC(C)O)CC(C)O)CC(C)O. The van der Waals surface area contributed by atoms with Crippen molar-refractivity contribution in [2.24, 2.45) is 0 Å². The van der Waals surface area contributed by atoms with Gasteiger partial charge in [-0.2, -0.15) is 0 Å². The summed E-state index contributed by atoms with van der Waals surface area (Å²) in [6, 6.07) is 0. The zero-order valence-corrected chi connectivity index (χ0v) is 15.1. The summed E-state index contributed by atoms with van der Waals surface area (Å²) >= 11 is 0. The Morgan fingerprint density at radius 2 is 0.870 bits per heavy atom. The van der Waals surface area contributed by atoms with E-state index >= 15 is 0 Å². The quantitative estimate of drug-likeness (QED) is 0.306. The van der Waals surface area contributed by atoms with Crippen LogP contribution in [0, 0.1) is 0 Å². The first-order valence-corrected chi connectivity index (χ1v) is 8.45. The third-order valence-electron chi connectivity index (χ3n) is 3.19. The van der Waals surface area contributed by atoms with Gasteiger partial charge in [0.25, 0.3) is 0 Å². The first-order valence-electron chi connectivity index (χ1n) is 8.45. The van der Waals surface area contributed by atoms with Crippen LogP contribution in [0.15, 0.2) is 0 Å². The predicted molar refractivity (Wildman–Crippen MR) is 90.4 cm³/mol. The minimum atomic E-state index is -0.443. The van der Waals surface area contributed by atoms with Gasteiger partial charge in [0, 0.05) is 39.3 Å². The van der Waals surface area contributed by atoms with E-state index in [0.29, 0.717) is 52.5 Å². The molecule has 0 aromatic carbocycles. The second-order valence-electron chi connectivity index (χ2n) is 6.53. The second kappa shape index (κ2) is 13.1. The van der Waals surface area contributed by atoms with Crippen LogP contribution < -0.4 is 0 Å². The zero-order valence-electron chi connectivity index (χ0n) is 15.1. The molecule has 140 valence electrons. The lowest BCUT2D eigenvalue weighted by atomic mass is 10.3. The number of hydrogen-bond donors (Lipinski definition) is 4. The fourth-order valence-corrected chi connectivity index (χ4v) is 2.50. The molecule has 0 aliphatic heterocycles. The van der Waals surface area contributed by atoms with E-state index in [1.54, 1.807) is 27.7 Å². The molecule has 0 amide bonds. The smallest absolute Gasteiger partial charge is 0.0639 e. The first kappa shape index (κ1) is 22.7. The van der Waals surface area contributed by atoms with Crippen LogP contribution in [-0.2, 0) is 4.74 Å². The van der Waals surface area contributed by atoms with E-state index in [1.165, 1.54) is 0 Å². The number of nitrogens with zero attached hydrogens (tertiary/aromatic N) is 2. The number of aliphatic hydroxyl groups excluding tert-OH is 4.